The molecule has 0 saturated carbocycles. The molecule has 4 rings (SSSR count). The van der Waals surface area contributed by atoms with Crippen molar-refractivity contribution in [3.63, 3.8) is 0 Å². The summed E-state index contributed by atoms with van der Waals surface area (Å²) in [5.74, 6) is -0.183. The molecule has 24 heavy (non-hydrogen) atoms. The molecule has 7 heteroatoms. The van der Waals surface area contributed by atoms with Crippen LogP contribution in [-0.4, -0.2) is 53.5 Å². The monoisotopic (exact) mass is 348 g/mol. The maximum atomic E-state index is 13.1. The van der Waals surface area contributed by atoms with E-state index in [2.05, 4.69) is 20.0 Å². The van der Waals surface area contributed by atoms with E-state index in [4.69, 9.17) is 4.74 Å². The van der Waals surface area contributed by atoms with Gasteiger partial charge in [-0.3, -0.25) is 4.90 Å². The zero-order chi connectivity index (χ0) is 16.4. The van der Waals surface area contributed by atoms with Crippen LogP contribution >= 0.6 is 11.3 Å². The van der Waals surface area contributed by atoms with E-state index in [1.54, 1.807) is 16.8 Å². The summed E-state index contributed by atoms with van der Waals surface area (Å²) in [4.78, 5) is 4.71. The summed E-state index contributed by atoms with van der Waals surface area (Å²) < 4.78 is 19.3. The van der Waals surface area contributed by atoms with E-state index in [1.165, 1.54) is 12.1 Å². The molecule has 1 aromatic heterocycles. The molecule has 1 spiro atoms. The summed E-state index contributed by atoms with van der Waals surface area (Å²) >= 11 is 1.58. The lowest BCUT2D eigenvalue weighted by Gasteiger charge is -2.48. The van der Waals surface area contributed by atoms with Crippen molar-refractivity contribution in [3.8, 4) is 0 Å². The van der Waals surface area contributed by atoms with Crippen LogP contribution in [0.25, 0.3) is 0 Å². The van der Waals surface area contributed by atoms with E-state index < -0.39 is 0 Å². The maximum absolute atomic E-state index is 13.1. The van der Waals surface area contributed by atoms with Gasteiger partial charge in [0.2, 0.25) is 5.13 Å². The third kappa shape index (κ3) is 3.43. The fourth-order valence-electron chi connectivity index (χ4n) is 3.72. The van der Waals surface area contributed by atoms with Crippen LogP contribution in [0.3, 0.4) is 0 Å². The van der Waals surface area contributed by atoms with Crippen molar-refractivity contribution < 1.29 is 9.13 Å². The molecule has 0 N–H and O–H groups in total. The van der Waals surface area contributed by atoms with Gasteiger partial charge in [0.25, 0.3) is 0 Å². The van der Waals surface area contributed by atoms with Crippen molar-refractivity contribution in [3.05, 3.63) is 41.2 Å². The Morgan fingerprint density at radius 1 is 1.21 bits per heavy atom. The van der Waals surface area contributed by atoms with Crippen molar-refractivity contribution in [2.75, 3.05) is 37.7 Å². The van der Waals surface area contributed by atoms with E-state index in [0.717, 1.165) is 62.9 Å². The zero-order valence-corrected chi connectivity index (χ0v) is 14.3. The van der Waals surface area contributed by atoms with Crippen molar-refractivity contribution in [2.24, 2.45) is 0 Å². The number of benzene rings is 1. The molecule has 0 unspecified atom stereocenters. The van der Waals surface area contributed by atoms with Crippen molar-refractivity contribution in [1.82, 2.24) is 15.1 Å². The first-order valence-corrected chi connectivity index (χ1v) is 9.22. The van der Waals surface area contributed by atoms with Gasteiger partial charge in [0.1, 0.15) is 11.3 Å². The molecule has 2 aliphatic rings. The van der Waals surface area contributed by atoms with Crippen LogP contribution < -0.4 is 4.90 Å². The average Bonchev–Trinajstić information content (AvgIpc) is 3.12. The Kier molecular flexibility index (Phi) is 4.47. The quantitative estimate of drug-likeness (QED) is 0.853. The van der Waals surface area contributed by atoms with Crippen LogP contribution in [0.15, 0.2) is 29.8 Å². The highest BCUT2D eigenvalue weighted by Crippen LogP contribution is 2.32. The van der Waals surface area contributed by atoms with Crippen LogP contribution in [0.2, 0.25) is 0 Å². The molecule has 1 atom stereocenters. The number of piperidine rings is 1. The standard InChI is InChI=1S/C17H21FN4OS/c18-15-4-2-14(3-5-15)10-21-8-9-23-17(11-21)6-1-7-22(12-17)16-20-19-13-24-16/h2-5,13H,1,6-12H2/t17-/m1/s1. The Hall–Kier alpha value is -1.57. The highest BCUT2D eigenvalue weighted by Gasteiger charge is 2.41. The molecule has 0 bridgehead atoms. The van der Waals surface area contributed by atoms with E-state index in [0.29, 0.717) is 0 Å². The Bertz CT molecular complexity index is 662. The van der Waals surface area contributed by atoms with Crippen LogP contribution in [0.5, 0.6) is 0 Å². The van der Waals surface area contributed by atoms with Crippen molar-refractivity contribution in [2.45, 2.75) is 25.0 Å². The van der Waals surface area contributed by atoms with Gasteiger partial charge >= 0.3 is 0 Å². The van der Waals surface area contributed by atoms with E-state index in [1.807, 2.05) is 12.1 Å². The first-order valence-electron chi connectivity index (χ1n) is 8.34. The van der Waals surface area contributed by atoms with Gasteiger partial charge in [-0.25, -0.2) is 4.39 Å². The smallest absolute Gasteiger partial charge is 0.208 e. The SMILES string of the molecule is Fc1ccc(CN2CCO[C@]3(CCCN(c4nncs4)C3)C2)cc1. The number of anilines is 1. The molecule has 2 aliphatic heterocycles. The van der Waals surface area contributed by atoms with E-state index >= 15 is 0 Å². The van der Waals surface area contributed by atoms with Crippen LogP contribution in [-0.2, 0) is 11.3 Å². The van der Waals surface area contributed by atoms with Gasteiger partial charge in [0.05, 0.1) is 18.8 Å². The minimum atomic E-state index is -0.183. The minimum absolute atomic E-state index is 0.137. The number of hydrogen-bond donors (Lipinski definition) is 0. The van der Waals surface area contributed by atoms with Crippen molar-refractivity contribution in [1.29, 1.82) is 0 Å². The lowest BCUT2D eigenvalue weighted by molar-refractivity contribution is -0.116. The number of hydrogen-bond acceptors (Lipinski definition) is 6. The lowest BCUT2D eigenvalue weighted by atomic mass is 9.90. The first-order chi connectivity index (χ1) is 11.7. The molecule has 0 radical (unpaired) electrons. The van der Waals surface area contributed by atoms with Crippen LogP contribution in [0.1, 0.15) is 18.4 Å². The second kappa shape index (κ2) is 6.74. The topological polar surface area (TPSA) is 41.5 Å². The summed E-state index contributed by atoms with van der Waals surface area (Å²) in [5.41, 5.74) is 2.78. The van der Waals surface area contributed by atoms with Crippen LogP contribution in [0.4, 0.5) is 9.52 Å². The van der Waals surface area contributed by atoms with Gasteiger partial charge in [0.15, 0.2) is 0 Å². The number of rotatable bonds is 3. The fourth-order valence-corrected chi connectivity index (χ4v) is 4.31. The molecule has 0 aliphatic carbocycles. The number of morpholine rings is 1. The summed E-state index contributed by atoms with van der Waals surface area (Å²) in [6.07, 6.45) is 2.17. The summed E-state index contributed by atoms with van der Waals surface area (Å²) in [6.45, 7) is 5.27. The molecule has 5 nitrogen and oxygen atoms in total. The predicted octanol–water partition coefficient (Wildman–Crippen LogP) is 2.55. The molecule has 1 aromatic carbocycles. The summed E-state index contributed by atoms with van der Waals surface area (Å²) in [7, 11) is 0. The third-order valence-corrected chi connectivity index (χ3v) is 5.56. The Morgan fingerprint density at radius 2 is 2.08 bits per heavy atom. The molecule has 3 heterocycles. The molecule has 2 aromatic rings. The maximum Gasteiger partial charge on any atom is 0.208 e. The molecule has 128 valence electrons. The molecule has 0 amide bonds. The van der Waals surface area contributed by atoms with Gasteiger partial charge in [0, 0.05) is 26.2 Å². The minimum Gasteiger partial charge on any atom is -0.370 e. The number of ether oxygens (including phenoxy) is 1. The lowest BCUT2D eigenvalue weighted by Crippen LogP contribution is -2.59. The van der Waals surface area contributed by atoms with Crippen molar-refractivity contribution >= 4 is 16.5 Å². The largest absolute Gasteiger partial charge is 0.370 e. The normalized spacial score (nSPS) is 25.3. The second-order valence-corrected chi connectivity index (χ2v) is 7.43. The molecular formula is C17H21FN4OS. The van der Waals surface area contributed by atoms with Gasteiger partial charge in [-0.05, 0) is 30.5 Å². The number of aromatic nitrogens is 2. The van der Waals surface area contributed by atoms with Gasteiger partial charge in [-0.1, -0.05) is 23.5 Å². The first kappa shape index (κ1) is 15.9. The predicted molar refractivity (Wildman–Crippen MR) is 91.7 cm³/mol. The van der Waals surface area contributed by atoms with E-state index in [-0.39, 0.29) is 11.4 Å². The Balaban J connectivity index is 1.44. The van der Waals surface area contributed by atoms with Gasteiger partial charge < -0.3 is 9.64 Å². The summed E-state index contributed by atoms with van der Waals surface area (Å²) in [5, 5.41) is 9.14. The highest BCUT2D eigenvalue weighted by molar-refractivity contribution is 7.13. The molecular weight excluding hydrogens is 327 g/mol. The zero-order valence-electron chi connectivity index (χ0n) is 13.5. The number of halogens is 1. The Labute approximate surface area is 145 Å². The Morgan fingerprint density at radius 3 is 2.88 bits per heavy atom. The highest BCUT2D eigenvalue weighted by atomic mass is 32.1. The average molecular weight is 348 g/mol. The van der Waals surface area contributed by atoms with Gasteiger partial charge in [-0.15, -0.1) is 10.2 Å². The van der Waals surface area contributed by atoms with Gasteiger partial charge in [-0.2, -0.15) is 0 Å². The van der Waals surface area contributed by atoms with Crippen LogP contribution in [0, 0.1) is 5.82 Å². The molecule has 2 saturated heterocycles. The van der Waals surface area contributed by atoms with E-state index in [9.17, 15) is 4.39 Å². The fraction of sp³-hybridized carbons (Fsp3) is 0.529. The summed E-state index contributed by atoms with van der Waals surface area (Å²) in [6, 6.07) is 6.80. The third-order valence-electron chi connectivity index (χ3n) is 4.81. The second-order valence-electron chi connectivity index (χ2n) is 6.62. The number of nitrogens with zero attached hydrogens (tertiary/aromatic N) is 4. The molecule has 2 fully saturated rings.